The molecule has 0 saturated heterocycles. The van der Waals surface area contributed by atoms with E-state index in [1.165, 1.54) is 16.5 Å². The summed E-state index contributed by atoms with van der Waals surface area (Å²) in [6.45, 7) is 7.55. The first-order valence-corrected chi connectivity index (χ1v) is 7.52. The van der Waals surface area contributed by atoms with E-state index in [1.807, 2.05) is 0 Å². The van der Waals surface area contributed by atoms with Crippen molar-refractivity contribution in [3.63, 3.8) is 0 Å². The molecule has 0 bridgehead atoms. The molecule has 0 aliphatic rings. The highest BCUT2D eigenvalue weighted by Gasteiger charge is 2.17. The zero-order valence-corrected chi connectivity index (χ0v) is 12.1. The lowest BCUT2D eigenvalue weighted by atomic mass is 10.2. The highest BCUT2D eigenvalue weighted by Crippen LogP contribution is 2.14. The molecule has 1 aromatic carbocycles. The minimum Gasteiger partial charge on any atom is -0.207 e. The van der Waals surface area contributed by atoms with E-state index in [9.17, 15) is 8.42 Å². The Morgan fingerprint density at radius 2 is 1.84 bits per heavy atom. The molecule has 1 rings (SSSR count). The maximum atomic E-state index is 12.1. The Balaban J connectivity index is 2.95. The highest BCUT2D eigenvalue weighted by atomic mass is 35.5. The Hall–Kier alpha value is -1.36. The smallest absolute Gasteiger partial charge is 0.207 e. The van der Waals surface area contributed by atoms with Crippen LogP contribution in [0.15, 0.2) is 61.1 Å². The van der Waals surface area contributed by atoms with Crippen molar-refractivity contribution < 1.29 is 8.42 Å². The number of nitrogens with zero attached hydrogens (tertiary/aromatic N) is 1. The van der Waals surface area contributed by atoms with E-state index in [4.69, 9.17) is 11.6 Å². The monoisotopic (exact) mass is 297 g/mol. The first-order chi connectivity index (χ1) is 8.99. The summed E-state index contributed by atoms with van der Waals surface area (Å²) in [5.41, 5.74) is 0.863. The average Bonchev–Trinajstić information content (AvgIpc) is 2.38. The number of hydrogen-bond donors (Lipinski definition) is 0. The van der Waals surface area contributed by atoms with E-state index in [2.05, 4.69) is 13.2 Å². The van der Waals surface area contributed by atoms with Crippen LogP contribution < -0.4 is 0 Å². The molecule has 0 aromatic heterocycles. The SMILES string of the molecule is C=C/C=C/S(=O)(=O)N(CC=C)Cc1ccc(Cl)cc1. The molecule has 5 heteroatoms. The zero-order chi connectivity index (χ0) is 14.3. The summed E-state index contributed by atoms with van der Waals surface area (Å²) in [5, 5.41) is 1.74. The van der Waals surface area contributed by atoms with Crippen LogP contribution in [-0.2, 0) is 16.6 Å². The second-order valence-corrected chi connectivity index (χ2v) is 6.07. The third-order valence-corrected chi connectivity index (χ3v) is 4.10. The van der Waals surface area contributed by atoms with Gasteiger partial charge < -0.3 is 0 Å². The molecule has 19 heavy (non-hydrogen) atoms. The summed E-state index contributed by atoms with van der Waals surface area (Å²) >= 11 is 5.80. The van der Waals surface area contributed by atoms with Gasteiger partial charge in [-0.3, -0.25) is 0 Å². The lowest BCUT2D eigenvalue weighted by Crippen LogP contribution is -2.29. The molecule has 0 saturated carbocycles. The van der Waals surface area contributed by atoms with Gasteiger partial charge >= 0.3 is 0 Å². The average molecular weight is 298 g/mol. The van der Waals surface area contributed by atoms with Crippen molar-refractivity contribution in [1.29, 1.82) is 0 Å². The third-order valence-electron chi connectivity index (χ3n) is 2.35. The Bertz CT molecular complexity index is 562. The fourth-order valence-corrected chi connectivity index (χ4v) is 2.69. The predicted molar refractivity (Wildman–Crippen MR) is 80.3 cm³/mol. The molecule has 0 radical (unpaired) electrons. The number of hydrogen-bond acceptors (Lipinski definition) is 2. The molecule has 102 valence electrons. The van der Waals surface area contributed by atoms with Crippen LogP contribution in [0.25, 0.3) is 0 Å². The van der Waals surface area contributed by atoms with E-state index >= 15 is 0 Å². The van der Waals surface area contributed by atoms with Crippen LogP contribution in [0.4, 0.5) is 0 Å². The molecule has 1 aromatic rings. The zero-order valence-electron chi connectivity index (χ0n) is 10.5. The Morgan fingerprint density at radius 1 is 1.21 bits per heavy atom. The fourth-order valence-electron chi connectivity index (χ4n) is 1.44. The maximum Gasteiger partial charge on any atom is 0.236 e. The first kappa shape index (κ1) is 15.7. The van der Waals surface area contributed by atoms with Crippen LogP contribution in [-0.4, -0.2) is 19.3 Å². The summed E-state index contributed by atoms with van der Waals surface area (Å²) in [6.07, 6.45) is 4.37. The summed E-state index contributed by atoms with van der Waals surface area (Å²) < 4.78 is 25.5. The molecular formula is C14H16ClNO2S. The molecule has 0 spiro atoms. The van der Waals surface area contributed by atoms with Crippen LogP contribution >= 0.6 is 11.6 Å². The van der Waals surface area contributed by atoms with Gasteiger partial charge in [0.25, 0.3) is 0 Å². The Labute approximate surface area is 119 Å². The van der Waals surface area contributed by atoms with E-state index < -0.39 is 10.0 Å². The minimum atomic E-state index is -3.48. The van der Waals surface area contributed by atoms with Gasteiger partial charge in [-0.2, -0.15) is 4.31 Å². The normalized spacial score (nSPS) is 11.9. The van der Waals surface area contributed by atoms with Gasteiger partial charge in [0.05, 0.1) is 0 Å². The van der Waals surface area contributed by atoms with Crippen molar-refractivity contribution in [3.05, 3.63) is 71.6 Å². The Morgan fingerprint density at radius 3 is 2.37 bits per heavy atom. The van der Waals surface area contributed by atoms with Crippen molar-refractivity contribution >= 4 is 21.6 Å². The van der Waals surface area contributed by atoms with E-state index in [1.54, 1.807) is 30.3 Å². The van der Waals surface area contributed by atoms with Gasteiger partial charge in [0.2, 0.25) is 10.0 Å². The largest absolute Gasteiger partial charge is 0.236 e. The van der Waals surface area contributed by atoms with Crippen molar-refractivity contribution in [3.8, 4) is 0 Å². The van der Waals surface area contributed by atoms with Gasteiger partial charge in [0, 0.05) is 23.5 Å². The van der Waals surface area contributed by atoms with Crippen molar-refractivity contribution in [1.82, 2.24) is 4.31 Å². The first-order valence-electron chi connectivity index (χ1n) is 5.64. The van der Waals surface area contributed by atoms with Gasteiger partial charge in [-0.15, -0.1) is 6.58 Å². The molecule has 3 nitrogen and oxygen atoms in total. The van der Waals surface area contributed by atoms with E-state index in [0.29, 0.717) is 5.02 Å². The van der Waals surface area contributed by atoms with Crippen LogP contribution in [0.2, 0.25) is 5.02 Å². The van der Waals surface area contributed by atoms with Crippen LogP contribution in [0.5, 0.6) is 0 Å². The molecule has 0 amide bonds. The highest BCUT2D eigenvalue weighted by molar-refractivity contribution is 7.92. The topological polar surface area (TPSA) is 37.4 Å². The number of sulfonamides is 1. The van der Waals surface area contributed by atoms with Gasteiger partial charge in [0.15, 0.2) is 0 Å². The molecule has 0 N–H and O–H groups in total. The predicted octanol–water partition coefficient (Wildman–Crippen LogP) is 3.36. The van der Waals surface area contributed by atoms with E-state index in [-0.39, 0.29) is 13.1 Å². The molecule has 0 aliphatic carbocycles. The molecule has 0 unspecified atom stereocenters. The van der Waals surface area contributed by atoms with Gasteiger partial charge in [-0.25, -0.2) is 8.42 Å². The number of benzene rings is 1. The van der Waals surface area contributed by atoms with Gasteiger partial charge in [-0.05, 0) is 17.7 Å². The quantitative estimate of drug-likeness (QED) is 0.572. The fraction of sp³-hybridized carbons (Fsp3) is 0.143. The minimum absolute atomic E-state index is 0.243. The van der Waals surface area contributed by atoms with Crippen LogP contribution in [0, 0.1) is 0 Å². The summed E-state index contributed by atoms with van der Waals surface area (Å²) in [6, 6.07) is 7.06. The molecule has 0 atom stereocenters. The molecule has 0 fully saturated rings. The number of halogens is 1. The second-order valence-electron chi connectivity index (χ2n) is 3.82. The standard InChI is InChI=1S/C14H16ClNO2S/c1-3-5-11-19(17,18)16(10-4-2)12-13-6-8-14(15)9-7-13/h3-9,11H,1-2,10,12H2/b11-5+. The molecular weight excluding hydrogens is 282 g/mol. The van der Waals surface area contributed by atoms with Crippen LogP contribution in [0.3, 0.4) is 0 Å². The van der Waals surface area contributed by atoms with E-state index in [0.717, 1.165) is 11.0 Å². The second kappa shape index (κ2) is 7.28. The lowest BCUT2D eigenvalue weighted by molar-refractivity contribution is 0.446. The number of allylic oxidation sites excluding steroid dienone is 2. The maximum absolute atomic E-state index is 12.1. The van der Waals surface area contributed by atoms with Crippen molar-refractivity contribution in [2.75, 3.05) is 6.54 Å². The van der Waals surface area contributed by atoms with Crippen molar-refractivity contribution in [2.24, 2.45) is 0 Å². The van der Waals surface area contributed by atoms with Crippen molar-refractivity contribution in [2.45, 2.75) is 6.54 Å². The third kappa shape index (κ3) is 5.03. The molecule has 0 aliphatic heterocycles. The summed E-state index contributed by atoms with van der Waals surface area (Å²) in [5.74, 6) is 0. The Kier molecular flexibility index (Phi) is 6.02. The lowest BCUT2D eigenvalue weighted by Gasteiger charge is -2.18. The van der Waals surface area contributed by atoms with Crippen LogP contribution in [0.1, 0.15) is 5.56 Å². The molecule has 0 heterocycles. The summed E-state index contributed by atoms with van der Waals surface area (Å²) in [4.78, 5) is 0. The van der Waals surface area contributed by atoms with Gasteiger partial charge in [0.1, 0.15) is 0 Å². The summed E-state index contributed by atoms with van der Waals surface area (Å²) in [7, 11) is -3.48. The van der Waals surface area contributed by atoms with Gasteiger partial charge in [-0.1, -0.05) is 48.5 Å². The number of rotatable bonds is 7.